The Labute approximate surface area is 209 Å². The third-order valence-electron chi connectivity index (χ3n) is 6.22. The maximum atomic E-state index is 13.4. The average Bonchev–Trinajstić information content (AvgIpc) is 3.22. The molecule has 3 aromatic rings. The fourth-order valence-corrected chi connectivity index (χ4v) is 9.79. The van der Waals surface area contributed by atoms with E-state index in [0.717, 1.165) is 16.4 Å². The first-order chi connectivity index (χ1) is 16.1. The number of hydrogen-bond acceptors (Lipinski definition) is 4. The minimum absolute atomic E-state index is 0.0133. The van der Waals surface area contributed by atoms with Gasteiger partial charge in [0, 0.05) is 0 Å². The first-order valence-electron chi connectivity index (χ1n) is 11.2. The van der Waals surface area contributed by atoms with Crippen LogP contribution in [0.25, 0.3) is 0 Å². The van der Waals surface area contributed by atoms with E-state index in [1.807, 2.05) is 32.0 Å². The molecule has 34 heavy (non-hydrogen) atoms. The normalized spacial score (nSPS) is 19.4. The number of rotatable bonds is 8. The van der Waals surface area contributed by atoms with Crippen LogP contribution < -0.4 is 4.46 Å². The molecule has 1 aliphatic rings. The number of sulfone groups is 1. The molecule has 0 amide bonds. The predicted molar refractivity (Wildman–Crippen MR) is 137 cm³/mol. The molecule has 0 unspecified atom stereocenters. The first-order valence-corrected chi connectivity index (χ1v) is 16.4. The van der Waals surface area contributed by atoms with Crippen LogP contribution in [0.1, 0.15) is 11.1 Å². The Morgan fingerprint density at radius 2 is 1.26 bits per heavy atom. The summed E-state index contributed by atoms with van der Waals surface area (Å²) in [7, 11) is -7.21. The van der Waals surface area contributed by atoms with Crippen LogP contribution in [0.4, 0.5) is 0 Å². The molecular weight excluding hydrogens is 533 g/mol. The van der Waals surface area contributed by atoms with Crippen LogP contribution in [-0.2, 0) is 19.9 Å². The summed E-state index contributed by atoms with van der Waals surface area (Å²) in [6, 6.07) is 23.8. The Kier molecular flexibility index (Phi) is 7.65. The predicted octanol–water partition coefficient (Wildman–Crippen LogP) is 3.46. The molecule has 5 nitrogen and oxygen atoms in total. The Morgan fingerprint density at radius 3 is 1.85 bits per heavy atom. The van der Waals surface area contributed by atoms with Gasteiger partial charge in [-0.3, -0.25) is 0 Å². The van der Waals surface area contributed by atoms with E-state index in [9.17, 15) is 16.8 Å². The molecule has 0 radical (unpaired) electrons. The Hall–Kier alpha value is -1.96. The molecule has 180 valence electrons. The molecule has 0 N–H and O–H groups in total. The molecule has 0 aliphatic carbocycles. The molecule has 3 aromatic carbocycles. The van der Waals surface area contributed by atoms with Gasteiger partial charge < -0.3 is 0 Å². The summed E-state index contributed by atoms with van der Waals surface area (Å²) in [6.07, 6.45) is 0. The van der Waals surface area contributed by atoms with Crippen molar-refractivity contribution < 1.29 is 16.8 Å². The zero-order chi connectivity index (χ0) is 24.3. The molecule has 0 aromatic heterocycles. The first kappa shape index (κ1) is 25.1. The average molecular weight is 563 g/mol. The van der Waals surface area contributed by atoms with Crippen LogP contribution in [0.2, 0.25) is 5.32 Å². The Morgan fingerprint density at radius 1 is 0.735 bits per heavy atom. The summed E-state index contributed by atoms with van der Waals surface area (Å²) in [5.74, 6) is -0.316. The van der Waals surface area contributed by atoms with Gasteiger partial charge in [0.15, 0.2) is 0 Å². The van der Waals surface area contributed by atoms with E-state index in [1.165, 1.54) is 8.77 Å². The zero-order valence-electron chi connectivity index (χ0n) is 19.3. The summed E-state index contributed by atoms with van der Waals surface area (Å²) in [4.78, 5) is 0.553. The summed E-state index contributed by atoms with van der Waals surface area (Å²) in [5, 5.41) is 0.797. The Bertz CT molecular complexity index is 1320. The third kappa shape index (κ3) is 5.81. The van der Waals surface area contributed by atoms with Crippen LogP contribution in [-0.4, -0.2) is 54.9 Å². The molecule has 0 spiro atoms. The fourth-order valence-electron chi connectivity index (χ4n) is 4.17. The van der Waals surface area contributed by atoms with Crippen molar-refractivity contribution in [2.24, 2.45) is 11.8 Å². The van der Waals surface area contributed by atoms with Crippen LogP contribution in [0, 0.1) is 25.7 Å². The van der Waals surface area contributed by atoms with E-state index in [-0.39, 0.29) is 44.0 Å². The molecule has 1 aliphatic heterocycles. The molecule has 1 saturated heterocycles. The van der Waals surface area contributed by atoms with Crippen molar-refractivity contribution in [2.75, 3.05) is 18.8 Å². The second kappa shape index (κ2) is 10.3. The van der Waals surface area contributed by atoms with Crippen LogP contribution >= 0.6 is 0 Å². The third-order valence-corrected chi connectivity index (χ3v) is 12.4. The standard InChI is InChI=1S/C26H29NO4S2Se/c1-20-8-12-24(13-9-20)32(28,29)18-22-16-27(33(30,31)25-14-10-21(2)11-15-25)17-23(22)19-34-26-6-4-3-5-7-26/h3-15,22-23H,16-19H2,1-2H3/t22-,23+/m1/s1. The van der Waals surface area contributed by atoms with Crippen molar-refractivity contribution in [3.05, 3.63) is 90.0 Å². The molecular formula is C26H29NO4S2Se. The molecule has 0 saturated carbocycles. The quantitative estimate of drug-likeness (QED) is 0.395. The van der Waals surface area contributed by atoms with Gasteiger partial charge in [-0.2, -0.15) is 0 Å². The van der Waals surface area contributed by atoms with Gasteiger partial charge in [0.1, 0.15) is 0 Å². The fraction of sp³-hybridized carbons (Fsp3) is 0.308. The molecule has 8 heteroatoms. The minimum atomic E-state index is -3.68. The van der Waals surface area contributed by atoms with Gasteiger partial charge in [-0.1, -0.05) is 0 Å². The summed E-state index contributed by atoms with van der Waals surface area (Å²) < 4.78 is 55.9. The SMILES string of the molecule is Cc1ccc(S(=O)(=O)C[C@H]2CN(S(=O)(=O)c3ccc(C)cc3)C[C@H]2C[Se]c2ccccc2)cc1. The van der Waals surface area contributed by atoms with Gasteiger partial charge in [-0.05, 0) is 0 Å². The summed E-state index contributed by atoms with van der Waals surface area (Å²) in [5.41, 5.74) is 1.99. The van der Waals surface area contributed by atoms with E-state index in [0.29, 0.717) is 11.4 Å². The second-order valence-electron chi connectivity index (χ2n) is 8.87. The van der Waals surface area contributed by atoms with Gasteiger partial charge in [-0.25, -0.2) is 0 Å². The number of hydrogen-bond donors (Lipinski definition) is 0. The van der Waals surface area contributed by atoms with Crippen LogP contribution in [0.15, 0.2) is 88.7 Å². The second-order valence-corrected chi connectivity index (χ2v) is 15.1. The topological polar surface area (TPSA) is 71.5 Å². The molecule has 1 heterocycles. The zero-order valence-corrected chi connectivity index (χ0v) is 22.6. The van der Waals surface area contributed by atoms with E-state index < -0.39 is 19.9 Å². The van der Waals surface area contributed by atoms with Crippen molar-refractivity contribution in [2.45, 2.75) is 29.0 Å². The molecule has 2 atom stereocenters. The monoisotopic (exact) mass is 563 g/mol. The van der Waals surface area contributed by atoms with E-state index in [2.05, 4.69) is 12.1 Å². The van der Waals surface area contributed by atoms with Gasteiger partial charge in [-0.15, -0.1) is 0 Å². The number of benzene rings is 3. The summed E-state index contributed by atoms with van der Waals surface area (Å²) in [6.45, 7) is 4.40. The van der Waals surface area contributed by atoms with Crippen LogP contribution in [0.5, 0.6) is 0 Å². The molecule has 1 fully saturated rings. The number of sulfonamides is 1. The van der Waals surface area contributed by atoms with Gasteiger partial charge >= 0.3 is 210 Å². The number of nitrogens with zero attached hydrogens (tertiary/aromatic N) is 1. The molecule has 0 bridgehead atoms. The van der Waals surface area contributed by atoms with E-state index in [1.54, 1.807) is 48.5 Å². The van der Waals surface area contributed by atoms with Crippen molar-refractivity contribution in [1.82, 2.24) is 4.31 Å². The van der Waals surface area contributed by atoms with Gasteiger partial charge in [0.25, 0.3) is 0 Å². The van der Waals surface area contributed by atoms with Crippen molar-refractivity contribution >= 4 is 39.3 Å². The Balaban J connectivity index is 1.58. The summed E-state index contributed by atoms with van der Waals surface area (Å²) >= 11 is 0.140. The number of aryl methyl sites for hydroxylation is 2. The van der Waals surface area contributed by atoms with Gasteiger partial charge in [0.2, 0.25) is 0 Å². The maximum absolute atomic E-state index is 13.4. The van der Waals surface area contributed by atoms with E-state index in [4.69, 9.17) is 0 Å². The van der Waals surface area contributed by atoms with E-state index >= 15 is 0 Å². The van der Waals surface area contributed by atoms with Crippen LogP contribution in [0.3, 0.4) is 0 Å². The van der Waals surface area contributed by atoms with Crippen molar-refractivity contribution in [3.8, 4) is 0 Å². The van der Waals surface area contributed by atoms with Crippen molar-refractivity contribution in [3.63, 3.8) is 0 Å². The van der Waals surface area contributed by atoms with Gasteiger partial charge in [0.05, 0.1) is 0 Å². The van der Waals surface area contributed by atoms with Crippen molar-refractivity contribution in [1.29, 1.82) is 0 Å². The molecule has 4 rings (SSSR count).